The number of fused-ring (bicyclic) bond motifs is 4. The van der Waals surface area contributed by atoms with Crippen LogP contribution < -0.4 is 0 Å². The molecule has 6 nitrogen and oxygen atoms in total. The van der Waals surface area contributed by atoms with Crippen LogP contribution in [0, 0.1) is 0 Å². The van der Waals surface area contributed by atoms with E-state index in [1.165, 1.54) is 5.39 Å². The van der Waals surface area contributed by atoms with E-state index in [-0.39, 0.29) is 0 Å². The number of nitrogens with zero attached hydrogens (tertiary/aromatic N) is 5. The van der Waals surface area contributed by atoms with Crippen molar-refractivity contribution in [1.82, 2.24) is 24.5 Å². The second kappa shape index (κ2) is 5.72. The summed E-state index contributed by atoms with van der Waals surface area (Å²) in [5.74, 6) is 0.459. The molecule has 0 bridgehead atoms. The van der Waals surface area contributed by atoms with Gasteiger partial charge in [0.05, 0.1) is 17.4 Å². The number of rotatable bonds is 2. The lowest BCUT2D eigenvalue weighted by Crippen LogP contribution is -1.96. The SMILES string of the molecule is c1cnc2nc(-c3ccc(-n4c5ccccc5c5cccnc54)cn3)oc2c1. The molecule has 0 radical (unpaired) electrons. The van der Waals surface area contributed by atoms with E-state index in [2.05, 4.69) is 42.7 Å². The largest absolute Gasteiger partial charge is 0.433 e. The lowest BCUT2D eigenvalue weighted by atomic mass is 10.2. The molecule has 6 heteroatoms. The second-order valence-corrected chi connectivity index (χ2v) is 6.47. The van der Waals surface area contributed by atoms with Gasteiger partial charge in [0.15, 0.2) is 11.2 Å². The first-order chi connectivity index (χ1) is 13.9. The van der Waals surface area contributed by atoms with Crippen LogP contribution in [0.25, 0.3) is 50.4 Å². The highest BCUT2D eigenvalue weighted by Gasteiger charge is 2.14. The van der Waals surface area contributed by atoms with Crippen LogP contribution in [-0.2, 0) is 0 Å². The molecule has 0 amide bonds. The molecule has 5 heterocycles. The number of benzene rings is 1. The van der Waals surface area contributed by atoms with Crippen molar-refractivity contribution in [3.63, 3.8) is 0 Å². The summed E-state index contributed by atoms with van der Waals surface area (Å²) in [4.78, 5) is 17.8. The molecule has 0 aliphatic heterocycles. The van der Waals surface area contributed by atoms with Gasteiger partial charge in [-0.3, -0.25) is 4.57 Å². The Morgan fingerprint density at radius 3 is 2.50 bits per heavy atom. The predicted molar refractivity (Wildman–Crippen MR) is 107 cm³/mol. The Hall–Kier alpha value is -4.06. The van der Waals surface area contributed by atoms with E-state index >= 15 is 0 Å². The summed E-state index contributed by atoms with van der Waals surface area (Å²) in [6.07, 6.45) is 5.32. The standard InChI is InChI=1S/C22H13N5O/c1-2-7-18-15(5-1)16-6-3-12-24-21(16)27(18)14-9-10-17(25-13-14)22-26-20-19(28-22)8-4-11-23-20/h1-13H. The van der Waals surface area contributed by atoms with Gasteiger partial charge in [-0.25, -0.2) is 15.0 Å². The second-order valence-electron chi connectivity index (χ2n) is 6.47. The molecule has 6 rings (SSSR count). The lowest BCUT2D eigenvalue weighted by Gasteiger charge is -2.06. The molecule has 0 spiro atoms. The fourth-order valence-corrected chi connectivity index (χ4v) is 3.58. The van der Waals surface area contributed by atoms with E-state index in [0.717, 1.165) is 22.2 Å². The average Bonchev–Trinajstić information content (AvgIpc) is 3.33. The Morgan fingerprint density at radius 1 is 0.750 bits per heavy atom. The van der Waals surface area contributed by atoms with Gasteiger partial charge in [0, 0.05) is 23.2 Å². The van der Waals surface area contributed by atoms with E-state index < -0.39 is 0 Å². The maximum atomic E-state index is 5.77. The molecule has 1 aromatic carbocycles. The van der Waals surface area contributed by atoms with E-state index in [4.69, 9.17) is 4.42 Å². The zero-order valence-corrected chi connectivity index (χ0v) is 14.6. The van der Waals surface area contributed by atoms with Gasteiger partial charge in [0.1, 0.15) is 11.3 Å². The monoisotopic (exact) mass is 363 g/mol. The first-order valence-electron chi connectivity index (χ1n) is 8.91. The van der Waals surface area contributed by atoms with Crippen molar-refractivity contribution in [2.24, 2.45) is 0 Å². The van der Waals surface area contributed by atoms with Crippen LogP contribution in [0.3, 0.4) is 0 Å². The molecule has 0 saturated heterocycles. The number of pyridine rings is 3. The van der Waals surface area contributed by atoms with Crippen molar-refractivity contribution < 1.29 is 4.42 Å². The van der Waals surface area contributed by atoms with Crippen molar-refractivity contribution in [1.29, 1.82) is 0 Å². The molecule has 5 aromatic heterocycles. The normalized spacial score (nSPS) is 11.6. The number of oxazole rings is 1. The highest BCUT2D eigenvalue weighted by atomic mass is 16.3. The number of para-hydroxylation sites is 1. The topological polar surface area (TPSA) is 69.6 Å². The molecule has 6 aromatic rings. The molecule has 0 aliphatic carbocycles. The molecule has 0 fully saturated rings. The van der Waals surface area contributed by atoms with Crippen LogP contribution in [0.5, 0.6) is 0 Å². The third-order valence-electron chi connectivity index (χ3n) is 4.82. The summed E-state index contributed by atoms with van der Waals surface area (Å²) < 4.78 is 7.89. The molecular weight excluding hydrogens is 350 g/mol. The van der Waals surface area contributed by atoms with E-state index in [0.29, 0.717) is 22.8 Å². The van der Waals surface area contributed by atoms with Crippen LogP contribution >= 0.6 is 0 Å². The maximum Gasteiger partial charge on any atom is 0.247 e. The quantitative estimate of drug-likeness (QED) is 0.443. The summed E-state index contributed by atoms with van der Waals surface area (Å²) in [7, 11) is 0. The fraction of sp³-hybridized carbons (Fsp3) is 0. The minimum absolute atomic E-state index is 0.459. The zero-order valence-electron chi connectivity index (χ0n) is 14.6. The Morgan fingerprint density at radius 2 is 1.61 bits per heavy atom. The molecule has 0 aliphatic rings. The van der Waals surface area contributed by atoms with Crippen LogP contribution in [-0.4, -0.2) is 24.5 Å². The van der Waals surface area contributed by atoms with Crippen molar-refractivity contribution in [2.75, 3.05) is 0 Å². The number of hydrogen-bond acceptors (Lipinski definition) is 5. The minimum atomic E-state index is 0.459. The Balaban J connectivity index is 1.52. The van der Waals surface area contributed by atoms with Gasteiger partial charge < -0.3 is 4.42 Å². The van der Waals surface area contributed by atoms with Gasteiger partial charge in [0.2, 0.25) is 5.89 Å². The third kappa shape index (κ3) is 2.15. The van der Waals surface area contributed by atoms with E-state index in [9.17, 15) is 0 Å². The van der Waals surface area contributed by atoms with Crippen molar-refractivity contribution >= 4 is 33.2 Å². The summed E-state index contributed by atoms with van der Waals surface area (Å²) in [5.41, 5.74) is 4.82. The minimum Gasteiger partial charge on any atom is -0.433 e. The van der Waals surface area contributed by atoms with E-state index in [1.54, 1.807) is 6.20 Å². The fourth-order valence-electron chi connectivity index (χ4n) is 3.58. The van der Waals surface area contributed by atoms with Crippen LogP contribution in [0.15, 0.2) is 83.7 Å². The van der Waals surface area contributed by atoms with Gasteiger partial charge in [-0.1, -0.05) is 18.2 Å². The molecule has 0 atom stereocenters. The smallest absolute Gasteiger partial charge is 0.247 e. The Bertz CT molecular complexity index is 1380. The lowest BCUT2D eigenvalue weighted by molar-refractivity contribution is 0.616. The van der Waals surface area contributed by atoms with Gasteiger partial charge in [-0.05, 0) is 42.5 Å². The average molecular weight is 363 g/mol. The predicted octanol–water partition coefficient (Wildman–Crippen LogP) is 4.78. The number of aromatic nitrogens is 5. The van der Waals surface area contributed by atoms with Gasteiger partial charge in [-0.2, -0.15) is 4.98 Å². The Labute approximate surface area is 159 Å². The molecule has 132 valence electrons. The molecule has 0 N–H and O–H groups in total. The number of hydrogen-bond donors (Lipinski definition) is 0. The van der Waals surface area contributed by atoms with Crippen molar-refractivity contribution in [3.8, 4) is 17.3 Å². The summed E-state index contributed by atoms with van der Waals surface area (Å²) >= 11 is 0. The highest BCUT2D eigenvalue weighted by Crippen LogP contribution is 2.30. The highest BCUT2D eigenvalue weighted by molar-refractivity contribution is 6.07. The summed E-state index contributed by atoms with van der Waals surface area (Å²) in [6.45, 7) is 0. The summed E-state index contributed by atoms with van der Waals surface area (Å²) in [5, 5.41) is 2.28. The molecule has 28 heavy (non-hydrogen) atoms. The molecular formula is C22H13N5O. The van der Waals surface area contributed by atoms with Crippen molar-refractivity contribution in [3.05, 3.63) is 79.3 Å². The van der Waals surface area contributed by atoms with Crippen LogP contribution in [0.1, 0.15) is 0 Å². The van der Waals surface area contributed by atoms with Gasteiger partial charge >= 0.3 is 0 Å². The van der Waals surface area contributed by atoms with E-state index in [1.807, 2.05) is 54.9 Å². The van der Waals surface area contributed by atoms with Gasteiger partial charge in [-0.15, -0.1) is 0 Å². The van der Waals surface area contributed by atoms with Crippen LogP contribution in [0.4, 0.5) is 0 Å². The first kappa shape index (κ1) is 15.0. The molecule has 0 saturated carbocycles. The van der Waals surface area contributed by atoms with Crippen LogP contribution in [0.2, 0.25) is 0 Å². The summed E-state index contributed by atoms with van der Waals surface area (Å²) in [6, 6.07) is 19.9. The zero-order chi connectivity index (χ0) is 18.5. The van der Waals surface area contributed by atoms with Crippen molar-refractivity contribution in [2.45, 2.75) is 0 Å². The first-order valence-corrected chi connectivity index (χ1v) is 8.91. The third-order valence-corrected chi connectivity index (χ3v) is 4.82. The molecule has 0 unspecified atom stereocenters. The van der Waals surface area contributed by atoms with Gasteiger partial charge in [0.25, 0.3) is 0 Å². The Kier molecular flexibility index (Phi) is 3.07. The maximum absolute atomic E-state index is 5.77.